The second kappa shape index (κ2) is 7.64. The molecule has 2 rings (SSSR count). The third-order valence-electron chi connectivity index (χ3n) is 3.05. The van der Waals surface area contributed by atoms with E-state index in [1.165, 1.54) is 0 Å². The zero-order chi connectivity index (χ0) is 15.1. The molecule has 2 amide bonds. The monoisotopic (exact) mass is 293 g/mol. The molecular weight excluding hydrogens is 274 g/mol. The molecule has 0 aliphatic carbocycles. The van der Waals surface area contributed by atoms with Crippen LogP contribution in [0.3, 0.4) is 0 Å². The first-order chi connectivity index (χ1) is 10.2. The maximum absolute atomic E-state index is 11.6. The summed E-state index contributed by atoms with van der Waals surface area (Å²) < 4.78 is 16.0. The number of amides is 2. The number of carbonyl (C=O) groups excluding carboxylic acids is 2. The molecule has 1 atom stereocenters. The summed E-state index contributed by atoms with van der Waals surface area (Å²) in [5.74, 6) is 0.682. The zero-order valence-electron chi connectivity index (χ0n) is 12.0. The minimum atomic E-state index is -0.615. The number of rotatable bonds is 7. The van der Waals surface area contributed by atoms with E-state index in [1.807, 2.05) is 0 Å². The summed E-state index contributed by atoms with van der Waals surface area (Å²) in [6, 6.07) is 7.06. The van der Waals surface area contributed by atoms with Crippen LogP contribution < -0.4 is 14.8 Å². The third-order valence-corrected chi connectivity index (χ3v) is 3.05. The molecule has 1 unspecified atom stereocenters. The van der Waals surface area contributed by atoms with Gasteiger partial charge in [0.05, 0.1) is 6.61 Å². The molecule has 1 aliphatic rings. The molecule has 6 nitrogen and oxygen atoms in total. The topological polar surface area (TPSA) is 73.9 Å². The Hall–Kier alpha value is -2.08. The molecule has 1 N–H and O–H groups in total. The van der Waals surface area contributed by atoms with Crippen molar-refractivity contribution in [2.24, 2.45) is 0 Å². The van der Waals surface area contributed by atoms with Crippen LogP contribution in [0.4, 0.5) is 0 Å². The maximum Gasteiger partial charge on any atom is 0.267 e. The van der Waals surface area contributed by atoms with Crippen LogP contribution in [0.25, 0.3) is 0 Å². The van der Waals surface area contributed by atoms with Gasteiger partial charge in [-0.05, 0) is 24.3 Å². The van der Waals surface area contributed by atoms with Gasteiger partial charge >= 0.3 is 0 Å². The van der Waals surface area contributed by atoms with Gasteiger partial charge in [0.25, 0.3) is 5.91 Å². The number of hydrogen-bond donors (Lipinski definition) is 1. The molecule has 1 aromatic rings. The van der Waals surface area contributed by atoms with Gasteiger partial charge in [-0.3, -0.25) is 14.9 Å². The molecule has 6 heteroatoms. The summed E-state index contributed by atoms with van der Waals surface area (Å²) in [7, 11) is 1.65. The molecule has 1 aromatic carbocycles. The van der Waals surface area contributed by atoms with Crippen LogP contribution in [-0.4, -0.2) is 38.2 Å². The lowest BCUT2D eigenvalue weighted by atomic mass is 10.1. The minimum Gasteiger partial charge on any atom is -0.494 e. The summed E-state index contributed by atoms with van der Waals surface area (Å²) in [5.41, 5.74) is 0. The quantitative estimate of drug-likeness (QED) is 0.605. The van der Waals surface area contributed by atoms with Gasteiger partial charge in [-0.25, -0.2) is 0 Å². The maximum atomic E-state index is 11.6. The predicted octanol–water partition coefficient (Wildman–Crippen LogP) is 1.29. The van der Waals surface area contributed by atoms with Gasteiger partial charge in [-0.2, -0.15) is 0 Å². The summed E-state index contributed by atoms with van der Waals surface area (Å²) in [6.45, 7) is 1.25. The molecule has 1 fully saturated rings. The number of imide groups is 1. The van der Waals surface area contributed by atoms with Crippen LogP contribution >= 0.6 is 0 Å². The Morgan fingerprint density at radius 3 is 2.52 bits per heavy atom. The average molecular weight is 293 g/mol. The van der Waals surface area contributed by atoms with Gasteiger partial charge < -0.3 is 14.2 Å². The van der Waals surface area contributed by atoms with E-state index in [-0.39, 0.29) is 11.8 Å². The average Bonchev–Trinajstić information content (AvgIpc) is 2.48. The summed E-state index contributed by atoms with van der Waals surface area (Å²) in [6.07, 6.45) is 0.915. The standard InChI is InChI=1S/C15H19NO5/c1-19-9-2-10-20-11-3-5-12(6-4-11)21-13-7-8-14(17)16-15(13)18/h3-6,13H,2,7-10H2,1H3,(H,16,17,18). The van der Waals surface area contributed by atoms with E-state index in [4.69, 9.17) is 14.2 Å². The van der Waals surface area contributed by atoms with Crippen molar-refractivity contribution < 1.29 is 23.8 Å². The molecule has 1 aliphatic heterocycles. The molecule has 1 saturated heterocycles. The molecule has 0 spiro atoms. The van der Waals surface area contributed by atoms with Crippen molar-refractivity contribution in [1.29, 1.82) is 0 Å². The van der Waals surface area contributed by atoms with Crippen molar-refractivity contribution in [3.63, 3.8) is 0 Å². The molecule has 0 aromatic heterocycles. The highest BCUT2D eigenvalue weighted by atomic mass is 16.5. The second-order valence-electron chi connectivity index (χ2n) is 4.72. The number of piperidine rings is 1. The highest BCUT2D eigenvalue weighted by Crippen LogP contribution is 2.20. The molecule has 21 heavy (non-hydrogen) atoms. The van der Waals surface area contributed by atoms with Crippen molar-refractivity contribution in [3.8, 4) is 11.5 Å². The SMILES string of the molecule is COCCCOc1ccc(OC2CCC(=O)NC2=O)cc1. The van der Waals surface area contributed by atoms with E-state index in [1.54, 1.807) is 31.4 Å². The van der Waals surface area contributed by atoms with E-state index in [2.05, 4.69) is 5.32 Å². The fourth-order valence-corrected chi connectivity index (χ4v) is 1.96. The van der Waals surface area contributed by atoms with Crippen LogP contribution in [0.2, 0.25) is 0 Å². The van der Waals surface area contributed by atoms with Crippen LogP contribution in [0.5, 0.6) is 11.5 Å². The largest absolute Gasteiger partial charge is 0.494 e. The molecule has 0 bridgehead atoms. The summed E-state index contributed by atoms with van der Waals surface area (Å²) in [4.78, 5) is 22.6. The van der Waals surface area contributed by atoms with Crippen molar-refractivity contribution >= 4 is 11.8 Å². The van der Waals surface area contributed by atoms with Crippen molar-refractivity contribution in [1.82, 2.24) is 5.32 Å². The Kier molecular flexibility index (Phi) is 5.57. The highest BCUT2D eigenvalue weighted by Gasteiger charge is 2.28. The van der Waals surface area contributed by atoms with E-state index in [0.29, 0.717) is 31.8 Å². The number of ether oxygens (including phenoxy) is 3. The molecule has 0 saturated carbocycles. The second-order valence-corrected chi connectivity index (χ2v) is 4.72. The number of benzene rings is 1. The van der Waals surface area contributed by atoms with Crippen LogP contribution in [0, 0.1) is 0 Å². The van der Waals surface area contributed by atoms with E-state index < -0.39 is 6.10 Å². The number of carbonyl (C=O) groups is 2. The van der Waals surface area contributed by atoms with Crippen LogP contribution in [0.1, 0.15) is 19.3 Å². The van der Waals surface area contributed by atoms with Crippen molar-refractivity contribution in [2.75, 3.05) is 20.3 Å². The first-order valence-electron chi connectivity index (χ1n) is 6.91. The minimum absolute atomic E-state index is 0.250. The van der Waals surface area contributed by atoms with E-state index in [0.717, 1.165) is 12.2 Å². The van der Waals surface area contributed by atoms with Gasteiger partial charge in [0.2, 0.25) is 5.91 Å². The molecule has 0 radical (unpaired) electrons. The highest BCUT2D eigenvalue weighted by molar-refractivity contribution is 5.99. The fraction of sp³-hybridized carbons (Fsp3) is 0.467. The van der Waals surface area contributed by atoms with Gasteiger partial charge in [0.15, 0.2) is 6.10 Å². The fourth-order valence-electron chi connectivity index (χ4n) is 1.96. The molecular formula is C15H19NO5. The Balaban J connectivity index is 1.82. The number of nitrogens with one attached hydrogen (secondary N) is 1. The first kappa shape index (κ1) is 15.3. The number of hydrogen-bond acceptors (Lipinski definition) is 5. The Bertz CT molecular complexity index is 485. The van der Waals surface area contributed by atoms with Gasteiger partial charge in [0.1, 0.15) is 11.5 Å². The molecule has 1 heterocycles. The van der Waals surface area contributed by atoms with E-state index >= 15 is 0 Å². The lowest BCUT2D eigenvalue weighted by Crippen LogP contribution is -2.46. The third kappa shape index (κ3) is 4.75. The van der Waals surface area contributed by atoms with Crippen LogP contribution in [0.15, 0.2) is 24.3 Å². The van der Waals surface area contributed by atoms with Crippen molar-refractivity contribution in [3.05, 3.63) is 24.3 Å². The lowest BCUT2D eigenvalue weighted by Gasteiger charge is -2.22. The predicted molar refractivity (Wildman–Crippen MR) is 75.2 cm³/mol. The Morgan fingerprint density at radius 1 is 1.14 bits per heavy atom. The van der Waals surface area contributed by atoms with Gasteiger partial charge in [-0.15, -0.1) is 0 Å². The first-order valence-corrected chi connectivity index (χ1v) is 6.91. The zero-order valence-corrected chi connectivity index (χ0v) is 12.0. The molecule has 114 valence electrons. The van der Waals surface area contributed by atoms with Gasteiger partial charge in [-0.1, -0.05) is 0 Å². The Morgan fingerprint density at radius 2 is 1.86 bits per heavy atom. The summed E-state index contributed by atoms with van der Waals surface area (Å²) in [5, 5.41) is 2.26. The van der Waals surface area contributed by atoms with Gasteiger partial charge in [0, 0.05) is 33.0 Å². The normalized spacial score (nSPS) is 18.2. The summed E-state index contributed by atoms with van der Waals surface area (Å²) >= 11 is 0. The lowest BCUT2D eigenvalue weighted by molar-refractivity contribution is -0.138. The van der Waals surface area contributed by atoms with E-state index in [9.17, 15) is 9.59 Å². The Labute approximate surface area is 123 Å². The van der Waals surface area contributed by atoms with Crippen molar-refractivity contribution in [2.45, 2.75) is 25.4 Å². The number of methoxy groups -OCH3 is 1. The smallest absolute Gasteiger partial charge is 0.267 e. The van der Waals surface area contributed by atoms with Crippen LogP contribution in [-0.2, 0) is 14.3 Å².